The molecule has 0 amide bonds. The summed E-state index contributed by atoms with van der Waals surface area (Å²) in [5.41, 5.74) is 1.28. The van der Waals surface area contributed by atoms with Gasteiger partial charge in [-0.15, -0.1) is 0 Å². The van der Waals surface area contributed by atoms with E-state index in [9.17, 15) is 4.39 Å². The molecular formula is C17H26BrFN2. The van der Waals surface area contributed by atoms with Crippen LogP contribution in [-0.4, -0.2) is 29.6 Å². The summed E-state index contributed by atoms with van der Waals surface area (Å²) in [4.78, 5) is 2.48. The number of nitrogens with zero attached hydrogens (tertiary/aromatic N) is 1. The van der Waals surface area contributed by atoms with Gasteiger partial charge in [-0.05, 0) is 46.8 Å². The van der Waals surface area contributed by atoms with Crippen LogP contribution in [0.3, 0.4) is 0 Å². The molecule has 1 fully saturated rings. The monoisotopic (exact) mass is 356 g/mol. The third-order valence-electron chi connectivity index (χ3n) is 4.22. The van der Waals surface area contributed by atoms with E-state index in [1.807, 2.05) is 6.07 Å². The molecule has 0 aromatic heterocycles. The minimum atomic E-state index is -0.186. The fourth-order valence-electron chi connectivity index (χ4n) is 3.09. The van der Waals surface area contributed by atoms with Gasteiger partial charge in [0.1, 0.15) is 5.82 Å². The summed E-state index contributed by atoms with van der Waals surface area (Å²) in [5.74, 6) is -0.186. The van der Waals surface area contributed by atoms with Crippen molar-refractivity contribution in [3.05, 3.63) is 34.1 Å². The van der Waals surface area contributed by atoms with E-state index in [4.69, 9.17) is 0 Å². The van der Waals surface area contributed by atoms with Crippen LogP contribution in [0.25, 0.3) is 0 Å². The summed E-state index contributed by atoms with van der Waals surface area (Å²) in [6.45, 7) is 13.9. The summed E-state index contributed by atoms with van der Waals surface area (Å²) in [5, 5.41) is 3.63. The molecule has 1 aliphatic heterocycles. The predicted octanol–water partition coefficient (Wildman–Crippen LogP) is 4.19. The lowest BCUT2D eigenvalue weighted by Crippen LogP contribution is -2.64. The van der Waals surface area contributed by atoms with Gasteiger partial charge in [0.15, 0.2) is 0 Å². The maximum absolute atomic E-state index is 13.7. The lowest BCUT2D eigenvalue weighted by molar-refractivity contribution is 0.0270. The van der Waals surface area contributed by atoms with Crippen molar-refractivity contribution in [1.29, 1.82) is 0 Å². The Bertz CT molecular complexity index is 508. The number of halogens is 2. The molecule has 0 bridgehead atoms. The number of benzene rings is 1. The van der Waals surface area contributed by atoms with E-state index in [0.717, 1.165) is 25.2 Å². The first-order valence-corrected chi connectivity index (χ1v) is 8.31. The van der Waals surface area contributed by atoms with Crippen molar-refractivity contribution in [2.75, 3.05) is 13.1 Å². The molecule has 1 aromatic rings. The molecule has 2 rings (SSSR count). The molecule has 0 radical (unpaired) electrons. The van der Waals surface area contributed by atoms with Gasteiger partial charge in [0.05, 0.1) is 4.47 Å². The zero-order valence-corrected chi connectivity index (χ0v) is 15.2. The Morgan fingerprint density at radius 1 is 1.38 bits per heavy atom. The highest BCUT2D eigenvalue weighted by Gasteiger charge is 2.38. The van der Waals surface area contributed by atoms with Gasteiger partial charge in [-0.3, -0.25) is 4.90 Å². The zero-order chi connectivity index (χ0) is 15.8. The Hall–Kier alpha value is -0.450. The van der Waals surface area contributed by atoms with Crippen LogP contribution in [0, 0.1) is 11.2 Å². The SMILES string of the molecule is CC1(C)CN(Cc2cccc(F)c2Br)C(C(C)(C)C)CN1. The molecule has 1 aliphatic rings. The van der Waals surface area contributed by atoms with Gasteiger partial charge in [0.25, 0.3) is 0 Å². The highest BCUT2D eigenvalue weighted by atomic mass is 79.9. The second-order valence-corrected chi connectivity index (χ2v) is 8.56. The largest absolute Gasteiger partial charge is 0.309 e. The Kier molecular flexibility index (Phi) is 4.81. The van der Waals surface area contributed by atoms with Gasteiger partial charge in [-0.1, -0.05) is 32.9 Å². The molecule has 1 N–H and O–H groups in total. The van der Waals surface area contributed by atoms with Crippen LogP contribution in [-0.2, 0) is 6.54 Å². The van der Waals surface area contributed by atoms with E-state index < -0.39 is 0 Å². The van der Waals surface area contributed by atoms with E-state index in [-0.39, 0.29) is 16.8 Å². The Morgan fingerprint density at radius 2 is 2.05 bits per heavy atom. The second-order valence-electron chi connectivity index (χ2n) is 7.76. The zero-order valence-electron chi connectivity index (χ0n) is 13.6. The number of rotatable bonds is 2. The van der Waals surface area contributed by atoms with E-state index >= 15 is 0 Å². The highest BCUT2D eigenvalue weighted by molar-refractivity contribution is 9.10. The summed E-state index contributed by atoms with van der Waals surface area (Å²) in [7, 11) is 0. The first-order valence-electron chi connectivity index (χ1n) is 7.52. The molecule has 118 valence electrons. The Morgan fingerprint density at radius 3 is 2.67 bits per heavy atom. The second kappa shape index (κ2) is 5.98. The normalized spacial score (nSPS) is 23.3. The van der Waals surface area contributed by atoms with Gasteiger partial charge in [0.2, 0.25) is 0 Å². The average Bonchev–Trinajstić information content (AvgIpc) is 2.32. The Labute approximate surface area is 136 Å². The van der Waals surface area contributed by atoms with Gasteiger partial charge in [0, 0.05) is 31.2 Å². The first kappa shape index (κ1) is 16.9. The molecule has 21 heavy (non-hydrogen) atoms. The summed E-state index contributed by atoms with van der Waals surface area (Å²) < 4.78 is 14.3. The molecule has 0 aliphatic carbocycles. The summed E-state index contributed by atoms with van der Waals surface area (Å²) >= 11 is 3.39. The van der Waals surface area contributed by atoms with Crippen LogP contribution in [0.2, 0.25) is 0 Å². The number of hydrogen-bond acceptors (Lipinski definition) is 2. The van der Waals surface area contributed by atoms with Gasteiger partial charge >= 0.3 is 0 Å². The average molecular weight is 357 g/mol. The fraction of sp³-hybridized carbons (Fsp3) is 0.647. The third-order valence-corrected chi connectivity index (χ3v) is 5.11. The smallest absolute Gasteiger partial charge is 0.137 e. The van der Waals surface area contributed by atoms with Gasteiger partial charge in [-0.2, -0.15) is 0 Å². The standard InChI is InChI=1S/C17H26BrFN2/c1-16(2,3)14-9-20-17(4,5)11-21(14)10-12-7-6-8-13(19)15(12)18/h6-8,14,20H,9-11H2,1-5H3. The van der Waals surface area contributed by atoms with Crippen molar-refractivity contribution in [2.24, 2.45) is 5.41 Å². The number of nitrogens with one attached hydrogen (secondary N) is 1. The van der Waals surface area contributed by atoms with E-state index in [2.05, 4.69) is 60.8 Å². The van der Waals surface area contributed by atoms with Crippen LogP contribution in [0.15, 0.2) is 22.7 Å². The Balaban J connectivity index is 2.26. The molecule has 1 heterocycles. The maximum Gasteiger partial charge on any atom is 0.137 e. The van der Waals surface area contributed by atoms with Crippen LogP contribution in [0.5, 0.6) is 0 Å². The van der Waals surface area contributed by atoms with E-state index in [1.54, 1.807) is 6.07 Å². The quantitative estimate of drug-likeness (QED) is 0.854. The number of hydrogen-bond donors (Lipinski definition) is 1. The fourth-order valence-corrected chi connectivity index (χ4v) is 3.47. The van der Waals surface area contributed by atoms with Crippen LogP contribution >= 0.6 is 15.9 Å². The predicted molar refractivity (Wildman–Crippen MR) is 89.8 cm³/mol. The van der Waals surface area contributed by atoms with Crippen molar-refractivity contribution in [1.82, 2.24) is 10.2 Å². The number of piperazine rings is 1. The molecule has 1 unspecified atom stereocenters. The molecule has 1 aromatic carbocycles. The van der Waals surface area contributed by atoms with Crippen molar-refractivity contribution < 1.29 is 4.39 Å². The molecule has 4 heteroatoms. The minimum Gasteiger partial charge on any atom is -0.309 e. The van der Waals surface area contributed by atoms with Crippen LogP contribution in [0.1, 0.15) is 40.2 Å². The summed E-state index contributed by atoms with van der Waals surface area (Å²) in [6.07, 6.45) is 0. The lowest BCUT2D eigenvalue weighted by atomic mass is 9.82. The van der Waals surface area contributed by atoms with Crippen LogP contribution in [0.4, 0.5) is 4.39 Å². The minimum absolute atomic E-state index is 0.0849. The lowest BCUT2D eigenvalue weighted by Gasteiger charge is -2.49. The molecule has 1 saturated heterocycles. The van der Waals surface area contributed by atoms with Crippen molar-refractivity contribution in [3.63, 3.8) is 0 Å². The third kappa shape index (κ3) is 4.05. The highest BCUT2D eigenvalue weighted by Crippen LogP contribution is 2.31. The van der Waals surface area contributed by atoms with E-state index in [1.165, 1.54) is 6.07 Å². The van der Waals surface area contributed by atoms with Crippen molar-refractivity contribution >= 4 is 15.9 Å². The molecule has 0 saturated carbocycles. The summed E-state index contributed by atoms with van der Waals surface area (Å²) in [6, 6.07) is 5.72. The van der Waals surface area contributed by atoms with Crippen LogP contribution < -0.4 is 5.32 Å². The molecular weight excluding hydrogens is 331 g/mol. The molecule has 0 spiro atoms. The first-order chi connectivity index (χ1) is 9.60. The van der Waals surface area contributed by atoms with Gasteiger partial charge in [-0.25, -0.2) is 4.39 Å². The van der Waals surface area contributed by atoms with Gasteiger partial charge < -0.3 is 5.32 Å². The topological polar surface area (TPSA) is 15.3 Å². The van der Waals surface area contributed by atoms with E-state index in [0.29, 0.717) is 10.5 Å². The molecule has 1 atom stereocenters. The maximum atomic E-state index is 13.7. The van der Waals surface area contributed by atoms with Crippen molar-refractivity contribution in [3.8, 4) is 0 Å². The molecule has 2 nitrogen and oxygen atoms in total. The van der Waals surface area contributed by atoms with Crippen molar-refractivity contribution in [2.45, 2.75) is 52.7 Å².